The molecule has 0 amide bonds. The number of nitrogens with one attached hydrogen (secondary N) is 2. The summed E-state index contributed by atoms with van der Waals surface area (Å²) >= 11 is 0. The summed E-state index contributed by atoms with van der Waals surface area (Å²) in [5.41, 5.74) is 0.486. The fraction of sp³-hybridized carbons (Fsp3) is 1.00. The first-order chi connectivity index (χ1) is 6.18. The maximum absolute atomic E-state index is 3.63. The number of rotatable bonds is 3. The van der Waals surface area contributed by atoms with E-state index in [4.69, 9.17) is 0 Å². The van der Waals surface area contributed by atoms with Gasteiger partial charge in [0.25, 0.3) is 0 Å². The van der Waals surface area contributed by atoms with Crippen LogP contribution in [0, 0.1) is 5.41 Å². The Balaban J connectivity index is 1.79. The summed E-state index contributed by atoms with van der Waals surface area (Å²) in [6, 6.07) is 1.53. The second-order valence-electron chi connectivity index (χ2n) is 5.28. The second kappa shape index (κ2) is 3.58. The Labute approximate surface area is 81.5 Å². The topological polar surface area (TPSA) is 24.1 Å². The third-order valence-electron chi connectivity index (χ3n) is 3.52. The molecule has 0 aromatic rings. The molecule has 2 rings (SSSR count). The van der Waals surface area contributed by atoms with Gasteiger partial charge in [-0.2, -0.15) is 0 Å². The third-order valence-corrected chi connectivity index (χ3v) is 3.52. The van der Waals surface area contributed by atoms with Gasteiger partial charge in [0.1, 0.15) is 0 Å². The molecule has 1 aliphatic heterocycles. The minimum Gasteiger partial charge on any atom is -0.312 e. The van der Waals surface area contributed by atoms with E-state index in [1.54, 1.807) is 0 Å². The van der Waals surface area contributed by atoms with Crippen molar-refractivity contribution >= 4 is 0 Å². The van der Waals surface area contributed by atoms with Crippen LogP contribution in [0.4, 0.5) is 0 Å². The summed E-state index contributed by atoms with van der Waals surface area (Å²) in [5.74, 6) is 0. The van der Waals surface area contributed by atoms with Gasteiger partial charge >= 0.3 is 0 Å². The lowest BCUT2D eigenvalue weighted by atomic mass is 9.77. The fourth-order valence-electron chi connectivity index (χ4n) is 2.19. The van der Waals surface area contributed by atoms with E-state index in [-0.39, 0.29) is 0 Å². The van der Waals surface area contributed by atoms with Gasteiger partial charge in [-0.3, -0.25) is 0 Å². The summed E-state index contributed by atoms with van der Waals surface area (Å²) in [4.78, 5) is 0. The molecule has 1 heterocycles. The minimum atomic E-state index is 0.486. The molecule has 2 aliphatic rings. The van der Waals surface area contributed by atoms with E-state index in [0.717, 1.165) is 12.6 Å². The molecule has 0 spiro atoms. The Morgan fingerprint density at radius 3 is 2.77 bits per heavy atom. The first kappa shape index (κ1) is 9.47. The Hall–Kier alpha value is -0.0800. The van der Waals surface area contributed by atoms with E-state index < -0.39 is 0 Å². The smallest absolute Gasteiger partial charge is 0.0243 e. The van der Waals surface area contributed by atoms with Gasteiger partial charge in [-0.1, -0.05) is 13.8 Å². The van der Waals surface area contributed by atoms with Crippen molar-refractivity contribution in [3.8, 4) is 0 Å². The van der Waals surface area contributed by atoms with Crippen LogP contribution in [0.5, 0.6) is 0 Å². The third kappa shape index (κ3) is 2.44. The Morgan fingerprint density at radius 2 is 2.15 bits per heavy atom. The maximum atomic E-state index is 3.63. The lowest BCUT2D eigenvalue weighted by molar-refractivity contribution is 0.176. The summed E-state index contributed by atoms with van der Waals surface area (Å²) < 4.78 is 0. The molecule has 2 fully saturated rings. The van der Waals surface area contributed by atoms with Crippen LogP contribution in [-0.2, 0) is 0 Å². The van der Waals surface area contributed by atoms with Gasteiger partial charge in [0, 0.05) is 18.6 Å². The Kier molecular flexibility index (Phi) is 2.61. The Morgan fingerprint density at radius 1 is 1.38 bits per heavy atom. The molecule has 1 atom stereocenters. The van der Waals surface area contributed by atoms with Crippen LogP contribution in [-0.4, -0.2) is 25.2 Å². The van der Waals surface area contributed by atoms with Crippen LogP contribution in [0.1, 0.15) is 39.5 Å². The lowest BCUT2D eigenvalue weighted by Gasteiger charge is -2.39. The molecule has 2 heteroatoms. The maximum Gasteiger partial charge on any atom is 0.0243 e. The van der Waals surface area contributed by atoms with E-state index in [1.165, 1.54) is 32.2 Å². The molecular weight excluding hydrogens is 160 g/mol. The van der Waals surface area contributed by atoms with Gasteiger partial charge in [-0.25, -0.2) is 0 Å². The first-order valence-electron chi connectivity index (χ1n) is 5.65. The van der Waals surface area contributed by atoms with Gasteiger partial charge in [-0.05, 0) is 37.6 Å². The Bertz CT molecular complexity index is 173. The predicted molar refractivity (Wildman–Crippen MR) is 55.8 cm³/mol. The quantitative estimate of drug-likeness (QED) is 0.691. The summed E-state index contributed by atoms with van der Waals surface area (Å²) in [6.45, 7) is 7.15. The van der Waals surface area contributed by atoms with Gasteiger partial charge in [-0.15, -0.1) is 0 Å². The van der Waals surface area contributed by atoms with Crippen LogP contribution in [0.3, 0.4) is 0 Å². The molecule has 0 radical (unpaired) electrons. The zero-order valence-electron chi connectivity index (χ0n) is 8.90. The highest BCUT2D eigenvalue weighted by Gasteiger charge is 2.32. The molecule has 2 nitrogen and oxygen atoms in total. The highest BCUT2D eigenvalue weighted by Crippen LogP contribution is 2.30. The van der Waals surface area contributed by atoms with Crippen molar-refractivity contribution in [3.63, 3.8) is 0 Å². The van der Waals surface area contributed by atoms with Crippen LogP contribution < -0.4 is 10.6 Å². The average molecular weight is 182 g/mol. The van der Waals surface area contributed by atoms with Crippen molar-refractivity contribution in [2.75, 3.05) is 13.1 Å². The number of piperidine rings is 1. The van der Waals surface area contributed by atoms with Gasteiger partial charge in [0.15, 0.2) is 0 Å². The van der Waals surface area contributed by atoms with E-state index >= 15 is 0 Å². The van der Waals surface area contributed by atoms with Crippen molar-refractivity contribution in [1.29, 1.82) is 0 Å². The average Bonchev–Trinajstić information content (AvgIpc) is 2.85. The largest absolute Gasteiger partial charge is 0.312 e. The molecule has 1 aliphatic carbocycles. The predicted octanol–water partition coefficient (Wildman–Crippen LogP) is 1.52. The van der Waals surface area contributed by atoms with Gasteiger partial charge < -0.3 is 10.6 Å². The molecule has 0 bridgehead atoms. The molecule has 2 N–H and O–H groups in total. The highest BCUT2D eigenvalue weighted by molar-refractivity contribution is 4.92. The van der Waals surface area contributed by atoms with E-state index in [1.807, 2.05) is 0 Å². The minimum absolute atomic E-state index is 0.486. The lowest BCUT2D eigenvalue weighted by Crippen LogP contribution is -2.52. The number of hydrogen-bond acceptors (Lipinski definition) is 2. The summed E-state index contributed by atoms with van der Waals surface area (Å²) in [7, 11) is 0. The van der Waals surface area contributed by atoms with Crippen LogP contribution in [0.15, 0.2) is 0 Å². The van der Waals surface area contributed by atoms with Crippen LogP contribution in [0.2, 0.25) is 0 Å². The monoisotopic (exact) mass is 182 g/mol. The molecule has 1 saturated heterocycles. The normalized spacial score (nSPS) is 33.2. The van der Waals surface area contributed by atoms with Crippen molar-refractivity contribution in [2.45, 2.75) is 51.6 Å². The van der Waals surface area contributed by atoms with E-state index in [0.29, 0.717) is 11.5 Å². The van der Waals surface area contributed by atoms with Crippen molar-refractivity contribution in [2.24, 2.45) is 5.41 Å². The zero-order chi connectivity index (χ0) is 9.31. The summed E-state index contributed by atoms with van der Waals surface area (Å²) in [5, 5.41) is 7.25. The van der Waals surface area contributed by atoms with Crippen molar-refractivity contribution < 1.29 is 0 Å². The van der Waals surface area contributed by atoms with Crippen molar-refractivity contribution in [1.82, 2.24) is 10.6 Å². The number of hydrogen-bond donors (Lipinski definition) is 2. The standard InChI is InChI=1S/C11H22N2/c1-11(2)6-3-7-12-10(11)8-13-9-4-5-9/h9-10,12-13H,3-8H2,1-2H3. The van der Waals surface area contributed by atoms with Crippen molar-refractivity contribution in [3.05, 3.63) is 0 Å². The van der Waals surface area contributed by atoms with E-state index in [9.17, 15) is 0 Å². The molecular formula is C11H22N2. The molecule has 0 aromatic carbocycles. The van der Waals surface area contributed by atoms with Crippen LogP contribution in [0.25, 0.3) is 0 Å². The SMILES string of the molecule is CC1(C)CCCNC1CNC1CC1. The molecule has 0 aromatic heterocycles. The fourth-order valence-corrected chi connectivity index (χ4v) is 2.19. The summed E-state index contributed by atoms with van der Waals surface area (Å²) in [6.07, 6.45) is 5.50. The zero-order valence-corrected chi connectivity index (χ0v) is 8.90. The molecule has 1 saturated carbocycles. The van der Waals surface area contributed by atoms with E-state index in [2.05, 4.69) is 24.5 Å². The molecule has 76 valence electrons. The highest BCUT2D eigenvalue weighted by atomic mass is 15.0. The second-order valence-corrected chi connectivity index (χ2v) is 5.28. The molecule has 1 unspecified atom stereocenters. The van der Waals surface area contributed by atoms with Crippen LogP contribution >= 0.6 is 0 Å². The van der Waals surface area contributed by atoms with Gasteiger partial charge in [0.05, 0.1) is 0 Å². The first-order valence-corrected chi connectivity index (χ1v) is 5.65. The van der Waals surface area contributed by atoms with Gasteiger partial charge in [0.2, 0.25) is 0 Å². The molecule has 13 heavy (non-hydrogen) atoms.